The summed E-state index contributed by atoms with van der Waals surface area (Å²) in [6, 6.07) is 2.57. The molecule has 0 N–H and O–H groups in total. The van der Waals surface area contributed by atoms with Gasteiger partial charge in [0.05, 0.1) is 6.54 Å². The summed E-state index contributed by atoms with van der Waals surface area (Å²) in [5.41, 5.74) is 0. The predicted molar refractivity (Wildman–Crippen MR) is 79.6 cm³/mol. The average Bonchev–Trinajstić information content (AvgIpc) is 2.81. The van der Waals surface area contributed by atoms with E-state index in [0.29, 0.717) is 11.2 Å². The Morgan fingerprint density at radius 2 is 2.39 bits per heavy atom. The maximum Gasteiger partial charge on any atom is 0.145 e. The van der Waals surface area contributed by atoms with Gasteiger partial charge in [0.1, 0.15) is 15.8 Å². The van der Waals surface area contributed by atoms with E-state index in [1.165, 1.54) is 11.5 Å². The normalized spacial score (nSPS) is 21.6. The minimum atomic E-state index is 0.579. The van der Waals surface area contributed by atoms with Crippen LogP contribution in [0, 0.1) is 0 Å². The van der Waals surface area contributed by atoms with Crippen LogP contribution in [0.4, 0.5) is 0 Å². The molecular weight excluding hydrogens is 286 g/mol. The number of hydrogen-bond acceptors (Lipinski definition) is 5. The van der Waals surface area contributed by atoms with Gasteiger partial charge in [-0.3, -0.25) is 4.90 Å². The second kappa shape index (κ2) is 5.33. The lowest BCUT2D eigenvalue weighted by Gasteiger charge is -2.32. The number of rotatable bonds is 2. The first-order valence-electron chi connectivity index (χ1n) is 5.95. The number of aromatic nitrogens is 2. The Bertz CT molecular complexity index is 557. The highest BCUT2D eigenvalue weighted by atomic mass is 35.5. The fourth-order valence-corrected chi connectivity index (χ4v) is 4.28. The van der Waals surface area contributed by atoms with E-state index < -0.39 is 0 Å². The van der Waals surface area contributed by atoms with Gasteiger partial charge >= 0.3 is 0 Å². The molecule has 0 amide bonds. The summed E-state index contributed by atoms with van der Waals surface area (Å²) in [4.78, 5) is 12.4. The molecule has 0 spiro atoms. The molecule has 0 aliphatic carbocycles. The van der Waals surface area contributed by atoms with Crippen molar-refractivity contribution >= 4 is 44.9 Å². The highest BCUT2D eigenvalue weighted by molar-refractivity contribution is 7.99. The zero-order valence-corrected chi connectivity index (χ0v) is 12.5. The number of fused-ring (bicyclic) bond motifs is 1. The Balaban J connectivity index is 1.85. The van der Waals surface area contributed by atoms with Crippen molar-refractivity contribution in [2.75, 3.05) is 18.1 Å². The van der Waals surface area contributed by atoms with Gasteiger partial charge in [0.15, 0.2) is 0 Å². The molecule has 2 aromatic rings. The van der Waals surface area contributed by atoms with E-state index in [0.717, 1.165) is 29.1 Å². The minimum Gasteiger partial charge on any atom is -0.292 e. The zero-order valence-electron chi connectivity index (χ0n) is 10.1. The standard InChI is InChI=1S/C12H14ClN3S2/c1-8-7-17-5-3-16(8)6-10-14-11(13)9-2-4-18-12(9)15-10/h2,4,8H,3,5-7H2,1H3. The van der Waals surface area contributed by atoms with Gasteiger partial charge in [-0.2, -0.15) is 11.8 Å². The Kier molecular flexibility index (Phi) is 3.75. The third-order valence-corrected chi connectivity index (χ3v) is 5.46. The Hall–Kier alpha value is -0.360. The van der Waals surface area contributed by atoms with E-state index in [2.05, 4.69) is 21.8 Å². The van der Waals surface area contributed by atoms with Crippen molar-refractivity contribution in [1.82, 2.24) is 14.9 Å². The first-order chi connectivity index (χ1) is 8.74. The first kappa shape index (κ1) is 12.7. The maximum absolute atomic E-state index is 6.19. The van der Waals surface area contributed by atoms with Crippen LogP contribution in [-0.2, 0) is 6.54 Å². The topological polar surface area (TPSA) is 29.0 Å². The van der Waals surface area contributed by atoms with Crippen LogP contribution in [-0.4, -0.2) is 39.0 Å². The van der Waals surface area contributed by atoms with Crippen molar-refractivity contribution in [2.24, 2.45) is 0 Å². The second-order valence-corrected chi connectivity index (χ2v) is 6.87. The molecule has 3 heterocycles. The number of hydrogen-bond donors (Lipinski definition) is 0. The maximum atomic E-state index is 6.19. The van der Waals surface area contributed by atoms with Crippen LogP contribution in [0.3, 0.4) is 0 Å². The number of nitrogens with zero attached hydrogens (tertiary/aromatic N) is 3. The van der Waals surface area contributed by atoms with Crippen molar-refractivity contribution in [3.8, 4) is 0 Å². The average molecular weight is 300 g/mol. The highest BCUT2D eigenvalue weighted by Gasteiger charge is 2.20. The zero-order chi connectivity index (χ0) is 12.5. The molecule has 1 saturated heterocycles. The molecule has 3 nitrogen and oxygen atoms in total. The fraction of sp³-hybridized carbons (Fsp3) is 0.500. The number of thiophene rings is 1. The monoisotopic (exact) mass is 299 g/mol. The summed E-state index contributed by atoms with van der Waals surface area (Å²) in [6.07, 6.45) is 0. The summed E-state index contributed by atoms with van der Waals surface area (Å²) in [7, 11) is 0. The van der Waals surface area contributed by atoms with Gasteiger partial charge in [-0.05, 0) is 18.4 Å². The summed E-state index contributed by atoms with van der Waals surface area (Å²) in [5.74, 6) is 3.22. The van der Waals surface area contributed by atoms with Crippen LogP contribution in [0.1, 0.15) is 12.7 Å². The SMILES string of the molecule is CC1CSCCN1Cc1nc(Cl)c2ccsc2n1. The third kappa shape index (κ3) is 2.50. The molecule has 0 radical (unpaired) electrons. The van der Waals surface area contributed by atoms with Crippen molar-refractivity contribution in [2.45, 2.75) is 19.5 Å². The molecule has 18 heavy (non-hydrogen) atoms. The van der Waals surface area contributed by atoms with Crippen molar-refractivity contribution < 1.29 is 0 Å². The largest absolute Gasteiger partial charge is 0.292 e. The van der Waals surface area contributed by atoms with Gasteiger partial charge in [-0.25, -0.2) is 9.97 Å². The molecule has 96 valence electrons. The summed E-state index contributed by atoms with van der Waals surface area (Å²) < 4.78 is 0. The Morgan fingerprint density at radius 1 is 1.50 bits per heavy atom. The Morgan fingerprint density at radius 3 is 3.22 bits per heavy atom. The molecular formula is C12H14ClN3S2. The molecule has 1 fully saturated rings. The summed E-state index contributed by atoms with van der Waals surface area (Å²) >= 11 is 9.83. The van der Waals surface area contributed by atoms with Crippen molar-refractivity contribution in [3.63, 3.8) is 0 Å². The van der Waals surface area contributed by atoms with E-state index in [1.54, 1.807) is 11.3 Å². The molecule has 6 heteroatoms. The highest BCUT2D eigenvalue weighted by Crippen LogP contribution is 2.25. The van der Waals surface area contributed by atoms with Crippen LogP contribution >= 0.6 is 34.7 Å². The summed E-state index contributed by atoms with van der Waals surface area (Å²) in [6.45, 7) is 4.17. The molecule has 0 bridgehead atoms. The number of halogens is 1. The molecule has 2 aromatic heterocycles. The van der Waals surface area contributed by atoms with E-state index in [9.17, 15) is 0 Å². The van der Waals surface area contributed by atoms with Crippen LogP contribution < -0.4 is 0 Å². The van der Waals surface area contributed by atoms with E-state index in [-0.39, 0.29) is 0 Å². The fourth-order valence-electron chi connectivity index (χ4n) is 2.11. The van der Waals surface area contributed by atoms with Gasteiger partial charge in [0, 0.05) is 29.5 Å². The van der Waals surface area contributed by atoms with E-state index in [4.69, 9.17) is 11.6 Å². The Labute approximate surface area is 120 Å². The quantitative estimate of drug-likeness (QED) is 0.796. The van der Waals surface area contributed by atoms with Gasteiger partial charge in [-0.15, -0.1) is 11.3 Å². The predicted octanol–water partition coefficient (Wildman–Crippen LogP) is 3.28. The van der Waals surface area contributed by atoms with Crippen LogP contribution in [0.5, 0.6) is 0 Å². The third-order valence-electron chi connectivity index (χ3n) is 3.17. The van der Waals surface area contributed by atoms with Crippen LogP contribution in [0.15, 0.2) is 11.4 Å². The molecule has 1 aliphatic heterocycles. The molecule has 1 unspecified atom stereocenters. The smallest absolute Gasteiger partial charge is 0.145 e. The minimum absolute atomic E-state index is 0.579. The molecule has 1 atom stereocenters. The van der Waals surface area contributed by atoms with E-state index >= 15 is 0 Å². The molecule has 0 saturated carbocycles. The van der Waals surface area contributed by atoms with Crippen molar-refractivity contribution in [1.29, 1.82) is 0 Å². The lowest BCUT2D eigenvalue weighted by molar-refractivity contribution is 0.218. The van der Waals surface area contributed by atoms with E-state index in [1.807, 2.05) is 23.2 Å². The van der Waals surface area contributed by atoms with Crippen LogP contribution in [0.25, 0.3) is 10.2 Å². The molecule has 1 aliphatic rings. The van der Waals surface area contributed by atoms with Gasteiger partial charge < -0.3 is 0 Å². The molecule has 3 rings (SSSR count). The lowest BCUT2D eigenvalue weighted by Crippen LogP contribution is -2.40. The first-order valence-corrected chi connectivity index (χ1v) is 8.36. The number of thioether (sulfide) groups is 1. The van der Waals surface area contributed by atoms with Gasteiger partial charge in [0.2, 0.25) is 0 Å². The lowest BCUT2D eigenvalue weighted by atomic mass is 10.3. The second-order valence-electron chi connectivity index (χ2n) is 4.46. The summed E-state index contributed by atoms with van der Waals surface area (Å²) in [5, 5.41) is 3.55. The molecule has 0 aromatic carbocycles. The van der Waals surface area contributed by atoms with Gasteiger partial charge in [0.25, 0.3) is 0 Å². The van der Waals surface area contributed by atoms with Crippen LogP contribution in [0.2, 0.25) is 5.15 Å². The van der Waals surface area contributed by atoms with Crippen molar-refractivity contribution in [3.05, 3.63) is 22.4 Å². The van der Waals surface area contributed by atoms with Gasteiger partial charge in [-0.1, -0.05) is 11.6 Å².